The lowest BCUT2D eigenvalue weighted by Crippen LogP contribution is -2.24. The van der Waals surface area contributed by atoms with Crippen LogP contribution in [0.1, 0.15) is 29.4 Å². The smallest absolute Gasteiger partial charge is 0.232 e. The zero-order valence-corrected chi connectivity index (χ0v) is 18.8. The Kier molecular flexibility index (Phi) is 5.84. The van der Waals surface area contributed by atoms with Gasteiger partial charge in [-0.1, -0.05) is 53.2 Å². The molecule has 7 heteroatoms. The van der Waals surface area contributed by atoms with E-state index < -0.39 is 0 Å². The Morgan fingerprint density at radius 3 is 2.64 bits per heavy atom. The molecule has 1 saturated heterocycles. The number of carbonyl (C=O) groups is 1. The van der Waals surface area contributed by atoms with Gasteiger partial charge in [0, 0.05) is 29.2 Å². The summed E-state index contributed by atoms with van der Waals surface area (Å²) in [6.45, 7) is 2.92. The molecule has 1 unspecified atom stereocenters. The molecule has 0 bridgehead atoms. The van der Waals surface area contributed by atoms with Crippen LogP contribution in [0.5, 0.6) is 5.75 Å². The summed E-state index contributed by atoms with van der Waals surface area (Å²) in [6, 6.07) is 23.2. The molecule has 1 aliphatic heterocycles. The number of halogens is 1. The van der Waals surface area contributed by atoms with Crippen LogP contribution in [0.3, 0.4) is 0 Å². The van der Waals surface area contributed by atoms with Crippen LogP contribution >= 0.6 is 11.6 Å². The van der Waals surface area contributed by atoms with E-state index in [1.807, 2.05) is 79.7 Å². The predicted molar refractivity (Wildman–Crippen MR) is 126 cm³/mol. The monoisotopic (exact) mass is 459 g/mol. The van der Waals surface area contributed by atoms with E-state index in [0.29, 0.717) is 36.3 Å². The lowest BCUT2D eigenvalue weighted by molar-refractivity contribution is -0.117. The molecule has 0 saturated carbocycles. The molecule has 1 aromatic heterocycles. The molecule has 0 aliphatic carbocycles. The van der Waals surface area contributed by atoms with E-state index in [0.717, 1.165) is 28.1 Å². The van der Waals surface area contributed by atoms with Gasteiger partial charge in [0.05, 0.1) is 5.92 Å². The van der Waals surface area contributed by atoms with E-state index in [1.54, 1.807) is 4.90 Å². The molecule has 0 radical (unpaired) electrons. The lowest BCUT2D eigenvalue weighted by Gasteiger charge is -2.17. The Bertz CT molecular complexity index is 1270. The molecule has 2 heterocycles. The van der Waals surface area contributed by atoms with Crippen molar-refractivity contribution in [1.82, 2.24) is 10.1 Å². The summed E-state index contributed by atoms with van der Waals surface area (Å²) in [5, 5.41) is 4.76. The van der Waals surface area contributed by atoms with Crippen molar-refractivity contribution < 1.29 is 14.1 Å². The third kappa shape index (κ3) is 4.61. The maximum atomic E-state index is 12.6. The predicted octanol–water partition coefficient (Wildman–Crippen LogP) is 5.80. The Labute approximate surface area is 196 Å². The van der Waals surface area contributed by atoms with Crippen LogP contribution in [0.4, 0.5) is 5.69 Å². The van der Waals surface area contributed by atoms with Crippen molar-refractivity contribution in [2.75, 3.05) is 11.4 Å². The molecule has 5 rings (SSSR count). The van der Waals surface area contributed by atoms with Gasteiger partial charge in [0.15, 0.2) is 0 Å². The largest absolute Gasteiger partial charge is 0.489 e. The topological polar surface area (TPSA) is 68.5 Å². The lowest BCUT2D eigenvalue weighted by atomic mass is 10.1. The maximum Gasteiger partial charge on any atom is 0.232 e. The summed E-state index contributed by atoms with van der Waals surface area (Å²) in [5.41, 5.74) is 3.69. The summed E-state index contributed by atoms with van der Waals surface area (Å²) < 4.78 is 11.4. The highest BCUT2D eigenvalue weighted by Gasteiger charge is 2.35. The zero-order chi connectivity index (χ0) is 22.8. The average molecular weight is 460 g/mol. The Morgan fingerprint density at radius 1 is 1.09 bits per heavy atom. The van der Waals surface area contributed by atoms with E-state index in [2.05, 4.69) is 10.1 Å². The fourth-order valence-corrected chi connectivity index (χ4v) is 4.01. The van der Waals surface area contributed by atoms with Gasteiger partial charge in [0.2, 0.25) is 17.6 Å². The van der Waals surface area contributed by atoms with E-state index in [-0.39, 0.29) is 11.8 Å². The fraction of sp³-hybridized carbons (Fsp3) is 0.192. The molecule has 1 aliphatic rings. The maximum absolute atomic E-state index is 12.6. The first-order valence-corrected chi connectivity index (χ1v) is 11.1. The molecule has 6 nitrogen and oxygen atoms in total. The second-order valence-corrected chi connectivity index (χ2v) is 8.50. The van der Waals surface area contributed by atoms with Crippen LogP contribution in [-0.4, -0.2) is 22.6 Å². The second kappa shape index (κ2) is 9.08. The average Bonchev–Trinajstić information content (AvgIpc) is 3.48. The zero-order valence-electron chi connectivity index (χ0n) is 18.1. The summed E-state index contributed by atoms with van der Waals surface area (Å²) in [5.74, 6) is 1.57. The number of benzene rings is 3. The summed E-state index contributed by atoms with van der Waals surface area (Å²) >= 11 is 6.24. The number of anilines is 1. The highest BCUT2D eigenvalue weighted by molar-refractivity contribution is 6.31. The number of carbonyl (C=O) groups excluding carboxylic acids is 1. The first-order valence-electron chi connectivity index (χ1n) is 10.7. The minimum Gasteiger partial charge on any atom is -0.489 e. The number of ether oxygens (including phenoxy) is 1. The van der Waals surface area contributed by atoms with Gasteiger partial charge in [-0.25, -0.2) is 0 Å². The third-order valence-corrected chi connectivity index (χ3v) is 6.15. The van der Waals surface area contributed by atoms with Crippen LogP contribution < -0.4 is 9.64 Å². The number of hydrogen-bond donors (Lipinski definition) is 0. The van der Waals surface area contributed by atoms with Crippen molar-refractivity contribution >= 4 is 23.2 Å². The molecule has 1 fully saturated rings. The van der Waals surface area contributed by atoms with Crippen LogP contribution in [0.25, 0.3) is 11.4 Å². The minimum absolute atomic E-state index is 0.0135. The van der Waals surface area contributed by atoms with Crippen molar-refractivity contribution in [1.29, 1.82) is 0 Å². The van der Waals surface area contributed by atoms with Crippen LogP contribution in [0.2, 0.25) is 5.02 Å². The number of aryl methyl sites for hydroxylation is 1. The van der Waals surface area contributed by atoms with Gasteiger partial charge in [0.25, 0.3) is 0 Å². The minimum atomic E-state index is -0.160. The van der Waals surface area contributed by atoms with Crippen molar-refractivity contribution in [3.63, 3.8) is 0 Å². The van der Waals surface area contributed by atoms with Gasteiger partial charge in [-0.3, -0.25) is 4.79 Å². The molecule has 33 heavy (non-hydrogen) atoms. The number of rotatable bonds is 6. The molecular formula is C26H22ClN3O3. The van der Waals surface area contributed by atoms with Crippen LogP contribution in [0, 0.1) is 6.92 Å². The van der Waals surface area contributed by atoms with E-state index in [4.69, 9.17) is 20.9 Å². The van der Waals surface area contributed by atoms with Gasteiger partial charge < -0.3 is 14.2 Å². The SMILES string of the molecule is Cc1ccc(N2CC(c3nc(-c4ccc(OCc5ccccc5)cc4)no3)CC2=O)cc1Cl. The Balaban J connectivity index is 1.25. The van der Waals surface area contributed by atoms with E-state index in [9.17, 15) is 4.79 Å². The first-order chi connectivity index (χ1) is 16.1. The van der Waals surface area contributed by atoms with Gasteiger partial charge in [0.1, 0.15) is 12.4 Å². The normalized spacial score (nSPS) is 15.8. The Morgan fingerprint density at radius 2 is 1.88 bits per heavy atom. The van der Waals surface area contributed by atoms with Gasteiger partial charge >= 0.3 is 0 Å². The number of nitrogens with zero attached hydrogens (tertiary/aromatic N) is 3. The third-order valence-electron chi connectivity index (χ3n) is 5.74. The summed E-state index contributed by atoms with van der Waals surface area (Å²) in [4.78, 5) is 18.9. The Hall–Kier alpha value is -3.64. The quantitative estimate of drug-likeness (QED) is 0.364. The molecule has 4 aromatic rings. The second-order valence-electron chi connectivity index (χ2n) is 8.09. The van der Waals surface area contributed by atoms with Crippen LogP contribution in [0.15, 0.2) is 77.3 Å². The number of aromatic nitrogens is 2. The van der Waals surface area contributed by atoms with Crippen molar-refractivity contribution in [3.8, 4) is 17.1 Å². The first kappa shape index (κ1) is 21.2. The molecule has 1 amide bonds. The highest BCUT2D eigenvalue weighted by Crippen LogP contribution is 2.33. The molecule has 0 N–H and O–H groups in total. The molecule has 0 spiro atoms. The standard InChI is InChI=1S/C26H22ClN3O3/c1-17-7-10-21(14-23(17)27)30-15-20(13-24(30)31)26-28-25(29-33-26)19-8-11-22(12-9-19)32-16-18-5-3-2-4-6-18/h2-12,14,20H,13,15-16H2,1H3. The number of hydrogen-bond acceptors (Lipinski definition) is 5. The van der Waals surface area contributed by atoms with E-state index in [1.165, 1.54) is 0 Å². The van der Waals surface area contributed by atoms with Gasteiger partial charge in [-0.05, 0) is 54.4 Å². The van der Waals surface area contributed by atoms with Crippen molar-refractivity contribution in [2.24, 2.45) is 0 Å². The molecule has 1 atom stereocenters. The van der Waals surface area contributed by atoms with Crippen molar-refractivity contribution in [3.05, 3.63) is 94.8 Å². The summed E-state index contributed by atoms with van der Waals surface area (Å²) in [7, 11) is 0. The van der Waals surface area contributed by atoms with Gasteiger partial charge in [-0.15, -0.1) is 0 Å². The number of amides is 1. The fourth-order valence-electron chi connectivity index (χ4n) is 3.83. The van der Waals surface area contributed by atoms with E-state index >= 15 is 0 Å². The molecular weight excluding hydrogens is 438 g/mol. The highest BCUT2D eigenvalue weighted by atomic mass is 35.5. The van der Waals surface area contributed by atoms with Crippen molar-refractivity contribution in [2.45, 2.75) is 25.9 Å². The molecule has 3 aromatic carbocycles. The van der Waals surface area contributed by atoms with Crippen LogP contribution in [-0.2, 0) is 11.4 Å². The summed E-state index contributed by atoms with van der Waals surface area (Å²) in [6.07, 6.45) is 0.319. The van der Waals surface area contributed by atoms with Gasteiger partial charge in [-0.2, -0.15) is 4.98 Å². The molecule has 166 valence electrons.